The Morgan fingerprint density at radius 3 is 1.57 bits per heavy atom. The first-order valence-electron chi connectivity index (χ1n) is 16.3. The van der Waals surface area contributed by atoms with Crippen LogP contribution in [-0.4, -0.2) is 5.66 Å². The highest BCUT2D eigenvalue weighted by atomic mass is 31.1. The first-order chi connectivity index (χ1) is 22.9. The zero-order valence-corrected chi connectivity index (χ0v) is 27.6. The zero-order chi connectivity index (χ0) is 30.7. The summed E-state index contributed by atoms with van der Waals surface area (Å²) in [6, 6.07) is 59.1. The molecule has 0 fully saturated rings. The third-order valence-electron chi connectivity index (χ3n) is 9.20. The molecule has 0 saturated carbocycles. The van der Waals surface area contributed by atoms with Crippen molar-refractivity contribution in [2.24, 2.45) is 0 Å². The maximum atomic E-state index is 2.54. The lowest BCUT2D eigenvalue weighted by Gasteiger charge is -2.34. The third kappa shape index (κ3) is 5.52. The summed E-state index contributed by atoms with van der Waals surface area (Å²) >= 11 is 0. The number of hydrogen-bond donors (Lipinski definition) is 0. The summed E-state index contributed by atoms with van der Waals surface area (Å²) in [5, 5.41) is 12.7. The van der Waals surface area contributed by atoms with Gasteiger partial charge < -0.3 is 0 Å². The second-order valence-corrected chi connectivity index (χ2v) is 16.5. The van der Waals surface area contributed by atoms with E-state index in [-0.39, 0.29) is 0 Å². The van der Waals surface area contributed by atoms with E-state index in [9.17, 15) is 0 Å². The first-order valence-corrected chi connectivity index (χ1v) is 19.0. The summed E-state index contributed by atoms with van der Waals surface area (Å²) in [5.41, 5.74) is 3.32. The van der Waals surface area contributed by atoms with Crippen LogP contribution in [0.3, 0.4) is 0 Å². The minimum atomic E-state index is -0.801. The molecule has 0 amide bonds. The van der Waals surface area contributed by atoms with Gasteiger partial charge >= 0.3 is 0 Å². The van der Waals surface area contributed by atoms with Gasteiger partial charge in [0.1, 0.15) is 0 Å². The molecule has 1 unspecified atom stereocenters. The lowest BCUT2D eigenvalue weighted by molar-refractivity contribution is 1.07. The van der Waals surface area contributed by atoms with Crippen LogP contribution in [0.15, 0.2) is 158 Å². The zero-order valence-electron chi connectivity index (χ0n) is 25.8. The minimum absolute atomic E-state index is 0.332. The summed E-state index contributed by atoms with van der Waals surface area (Å²) in [7, 11) is -1.50. The van der Waals surface area contributed by atoms with Crippen molar-refractivity contribution >= 4 is 66.2 Å². The SMILES string of the molecule is C1=c2ccccc2=C(c2c(P(c3ccccc3)c3ccccc3)ccc3c2=CCCC=3)C(P(c2ccccc2)c2ccccc2)C1. The van der Waals surface area contributed by atoms with Crippen molar-refractivity contribution < 1.29 is 0 Å². The van der Waals surface area contributed by atoms with Crippen molar-refractivity contribution in [1.29, 1.82) is 0 Å². The Morgan fingerprint density at radius 2 is 0.957 bits per heavy atom. The molecular formula is C44H36P2. The predicted molar refractivity (Wildman–Crippen MR) is 203 cm³/mol. The molecule has 6 aromatic carbocycles. The quantitative estimate of drug-likeness (QED) is 0.200. The van der Waals surface area contributed by atoms with Gasteiger partial charge in [-0.3, -0.25) is 0 Å². The maximum absolute atomic E-state index is 2.54. The number of hydrogen-bond acceptors (Lipinski definition) is 0. The molecule has 0 spiro atoms. The molecule has 2 aliphatic carbocycles. The van der Waals surface area contributed by atoms with Gasteiger partial charge in [-0.25, -0.2) is 0 Å². The van der Waals surface area contributed by atoms with E-state index >= 15 is 0 Å². The molecule has 0 aliphatic heterocycles. The van der Waals surface area contributed by atoms with Crippen LogP contribution < -0.4 is 47.4 Å². The monoisotopic (exact) mass is 626 g/mol. The smallest absolute Gasteiger partial charge is 0.0169 e. The number of fused-ring (bicyclic) bond motifs is 2. The Bertz CT molecular complexity index is 2150. The fourth-order valence-corrected chi connectivity index (χ4v) is 12.5. The third-order valence-corrected chi connectivity index (χ3v) is 14.5. The van der Waals surface area contributed by atoms with Crippen molar-refractivity contribution in [2.75, 3.05) is 0 Å². The van der Waals surface area contributed by atoms with E-state index in [1.165, 1.54) is 58.5 Å². The molecular weight excluding hydrogens is 590 g/mol. The van der Waals surface area contributed by atoms with Crippen molar-refractivity contribution in [3.8, 4) is 0 Å². The first kappa shape index (κ1) is 29.1. The van der Waals surface area contributed by atoms with Gasteiger partial charge in [0.05, 0.1) is 0 Å². The minimum Gasteiger partial charge on any atom is -0.0763 e. The van der Waals surface area contributed by atoms with E-state index in [1.807, 2.05) is 0 Å². The Balaban J connectivity index is 1.49. The van der Waals surface area contributed by atoms with Crippen LogP contribution in [0.1, 0.15) is 24.8 Å². The molecule has 0 N–H and O–H groups in total. The molecule has 46 heavy (non-hydrogen) atoms. The molecule has 0 heterocycles. The second-order valence-electron chi connectivity index (χ2n) is 12.0. The molecule has 0 aromatic heterocycles. The van der Waals surface area contributed by atoms with Gasteiger partial charge in [-0.05, 0) is 93.6 Å². The van der Waals surface area contributed by atoms with Gasteiger partial charge in [0.2, 0.25) is 0 Å². The molecule has 1 atom stereocenters. The summed E-state index contributed by atoms with van der Waals surface area (Å²) in [4.78, 5) is 0. The number of benzene rings is 6. The normalized spacial score (nSPS) is 15.3. The van der Waals surface area contributed by atoms with Crippen LogP contribution in [-0.2, 0) is 0 Å². The largest absolute Gasteiger partial charge is 0.0763 e. The average Bonchev–Trinajstić information content (AvgIpc) is 3.14. The van der Waals surface area contributed by atoms with Crippen molar-refractivity contribution in [3.63, 3.8) is 0 Å². The van der Waals surface area contributed by atoms with Crippen LogP contribution in [0.4, 0.5) is 0 Å². The molecule has 0 nitrogen and oxygen atoms in total. The topological polar surface area (TPSA) is 0 Å². The van der Waals surface area contributed by atoms with Crippen LogP contribution in [0.5, 0.6) is 0 Å². The highest BCUT2D eigenvalue weighted by Gasteiger charge is 2.33. The molecule has 2 aliphatic rings. The Kier molecular flexibility index (Phi) is 8.33. The Labute approximate surface area is 274 Å². The predicted octanol–water partition coefficient (Wildman–Crippen LogP) is 5.68. The molecule has 8 rings (SSSR count). The lowest BCUT2D eigenvalue weighted by Crippen LogP contribution is -2.44. The van der Waals surface area contributed by atoms with Crippen molar-refractivity contribution in [3.05, 3.63) is 184 Å². The van der Waals surface area contributed by atoms with Gasteiger partial charge in [-0.2, -0.15) is 0 Å². The summed E-state index contributed by atoms with van der Waals surface area (Å²) in [6.45, 7) is 0. The van der Waals surface area contributed by atoms with Gasteiger partial charge in [0.15, 0.2) is 0 Å². The van der Waals surface area contributed by atoms with Crippen molar-refractivity contribution in [2.45, 2.75) is 24.9 Å². The second kappa shape index (κ2) is 13.2. The van der Waals surface area contributed by atoms with Crippen LogP contribution in [0.25, 0.3) is 23.8 Å². The molecule has 222 valence electrons. The standard InChI is InChI=1S/C44H36P2/c1-5-19-35(20-6-1)45(36-21-7-2-8-22-36)41-31-29-33-17-13-15-27-39(33)43(41)44-40-28-16-14-18-34(40)30-32-42(44)46(37-23-9-3-10-24-37)38-25-11-4-12-26-38/h1-13,15,17-30,32,41H,14,16,31H2. The maximum Gasteiger partial charge on any atom is 0.0169 e. The van der Waals surface area contributed by atoms with Gasteiger partial charge in [-0.15, -0.1) is 0 Å². The van der Waals surface area contributed by atoms with E-state index in [2.05, 4.69) is 176 Å². The van der Waals surface area contributed by atoms with Crippen molar-refractivity contribution in [1.82, 2.24) is 0 Å². The van der Waals surface area contributed by atoms with Gasteiger partial charge in [-0.1, -0.05) is 176 Å². The Hall–Kier alpha value is -4.34. The highest BCUT2D eigenvalue weighted by Crippen LogP contribution is 2.48. The van der Waals surface area contributed by atoms with Crippen LogP contribution in [0.2, 0.25) is 0 Å². The lowest BCUT2D eigenvalue weighted by atomic mass is 9.90. The van der Waals surface area contributed by atoms with Crippen LogP contribution >= 0.6 is 15.8 Å². The molecule has 6 aromatic rings. The van der Waals surface area contributed by atoms with E-state index < -0.39 is 15.8 Å². The summed E-state index contributed by atoms with van der Waals surface area (Å²) in [5.74, 6) is 0. The summed E-state index contributed by atoms with van der Waals surface area (Å²) < 4.78 is 0. The average molecular weight is 627 g/mol. The molecule has 2 heteroatoms. The highest BCUT2D eigenvalue weighted by molar-refractivity contribution is 7.80. The van der Waals surface area contributed by atoms with Gasteiger partial charge in [0.25, 0.3) is 0 Å². The molecule has 0 saturated heterocycles. The van der Waals surface area contributed by atoms with E-state index in [4.69, 9.17) is 0 Å². The van der Waals surface area contributed by atoms with Crippen LogP contribution in [0, 0.1) is 0 Å². The van der Waals surface area contributed by atoms with E-state index in [1.54, 1.807) is 0 Å². The van der Waals surface area contributed by atoms with Gasteiger partial charge in [0, 0.05) is 5.66 Å². The fourth-order valence-electron chi connectivity index (χ4n) is 7.22. The van der Waals surface area contributed by atoms with E-state index in [0.29, 0.717) is 5.66 Å². The fraction of sp³-hybridized carbons (Fsp3) is 0.0909. The number of rotatable bonds is 7. The summed E-state index contributed by atoms with van der Waals surface area (Å²) in [6.07, 6.45) is 10.7. The van der Waals surface area contributed by atoms with E-state index in [0.717, 1.165) is 19.3 Å². The molecule has 0 radical (unpaired) electrons. The Morgan fingerprint density at radius 1 is 0.435 bits per heavy atom. The molecule has 0 bridgehead atoms.